The van der Waals surface area contributed by atoms with Gasteiger partial charge in [0, 0.05) is 0 Å². The van der Waals surface area contributed by atoms with Crippen molar-refractivity contribution in [3.8, 4) is 0 Å². The molecule has 0 aliphatic heterocycles. The zero-order valence-electron chi connectivity index (χ0n) is 30.4. The first-order valence-corrected chi connectivity index (χ1v) is 20.9. The summed E-state index contributed by atoms with van der Waals surface area (Å²) in [6.45, 7) is 4.63. The molecule has 0 aromatic heterocycles. The van der Waals surface area contributed by atoms with Crippen LogP contribution in [0.5, 0.6) is 0 Å². The molecule has 0 saturated carbocycles. The maximum Gasteiger partial charge on any atom is 1.00 e. The molecule has 0 radical (unpaired) electrons. The number of hydrogen-bond donors (Lipinski definition) is 0. The van der Waals surface area contributed by atoms with Gasteiger partial charge >= 0.3 is 29.6 Å². The van der Waals surface area contributed by atoms with Gasteiger partial charge in [0.2, 0.25) is 10.4 Å². The van der Waals surface area contributed by atoms with Crippen molar-refractivity contribution in [1.82, 2.24) is 0 Å². The predicted molar refractivity (Wildman–Crippen MR) is 187 cm³/mol. The molecule has 44 heavy (non-hydrogen) atoms. The van der Waals surface area contributed by atoms with Gasteiger partial charge in [0.15, 0.2) is 0 Å². The maximum atomic E-state index is 11.0. The van der Waals surface area contributed by atoms with E-state index in [0.717, 1.165) is 25.7 Å². The van der Waals surface area contributed by atoms with E-state index < -0.39 is 10.4 Å². The van der Waals surface area contributed by atoms with Crippen LogP contribution in [0.1, 0.15) is 232 Å². The minimum Gasteiger partial charge on any atom is -0.726 e. The molecule has 0 N–H and O–H groups in total. The van der Waals surface area contributed by atoms with Gasteiger partial charge in [0.25, 0.3) is 0 Å². The average molecular weight is 653 g/mol. The summed E-state index contributed by atoms with van der Waals surface area (Å²) >= 11 is 0. The Balaban J connectivity index is 0. The van der Waals surface area contributed by atoms with Crippen molar-refractivity contribution in [3.63, 3.8) is 0 Å². The molecule has 0 saturated heterocycles. The van der Waals surface area contributed by atoms with Crippen LogP contribution in [0.2, 0.25) is 0 Å². The van der Waals surface area contributed by atoms with Gasteiger partial charge in [0.1, 0.15) is 0 Å². The van der Waals surface area contributed by atoms with Crippen molar-refractivity contribution in [2.24, 2.45) is 5.92 Å². The van der Waals surface area contributed by atoms with Crippen molar-refractivity contribution in [1.29, 1.82) is 0 Å². The summed E-state index contributed by atoms with van der Waals surface area (Å²) in [5, 5.41) is 0. The van der Waals surface area contributed by atoms with Crippen molar-refractivity contribution in [2.45, 2.75) is 232 Å². The Kier molecular flexibility index (Phi) is 40.9. The zero-order chi connectivity index (χ0) is 31.5. The van der Waals surface area contributed by atoms with Crippen LogP contribution in [0.4, 0.5) is 0 Å². The van der Waals surface area contributed by atoms with Crippen LogP contribution in [-0.2, 0) is 14.6 Å². The smallest absolute Gasteiger partial charge is 0.726 e. The molecular weight excluding hydrogens is 575 g/mol. The van der Waals surface area contributed by atoms with E-state index in [1.165, 1.54) is 193 Å². The molecule has 0 bridgehead atoms. The fourth-order valence-electron chi connectivity index (χ4n) is 6.45. The maximum absolute atomic E-state index is 11.0. The van der Waals surface area contributed by atoms with Crippen LogP contribution in [0.15, 0.2) is 0 Å². The predicted octanol–water partition coefficient (Wildman–Crippen LogP) is 10.4. The van der Waals surface area contributed by atoms with Crippen molar-refractivity contribution >= 4 is 10.4 Å². The van der Waals surface area contributed by atoms with Gasteiger partial charge in [-0.2, -0.15) is 0 Å². The van der Waals surface area contributed by atoms with E-state index in [-0.39, 0.29) is 42.1 Å². The minimum atomic E-state index is -4.59. The van der Waals surface area contributed by atoms with E-state index in [4.69, 9.17) is 0 Å². The van der Waals surface area contributed by atoms with Crippen LogP contribution in [-0.4, -0.2) is 19.6 Å². The van der Waals surface area contributed by atoms with E-state index in [2.05, 4.69) is 18.0 Å². The van der Waals surface area contributed by atoms with Gasteiger partial charge in [-0.15, -0.1) is 0 Å². The molecule has 0 aliphatic carbocycles. The SMILES string of the molecule is CCCCCCCCCCCCCCCCCCCCCCC(CCCCCCCCCCCCCC)COS(=O)(=O)[O-].[Na+]. The third kappa shape index (κ3) is 40.9. The molecule has 0 fully saturated rings. The van der Waals surface area contributed by atoms with Crippen LogP contribution in [0.25, 0.3) is 0 Å². The summed E-state index contributed by atoms with van der Waals surface area (Å²) in [4.78, 5) is 0. The molecule has 260 valence electrons. The summed E-state index contributed by atoms with van der Waals surface area (Å²) in [5.41, 5.74) is 0. The quantitative estimate of drug-likeness (QED) is 0.0290. The van der Waals surface area contributed by atoms with Crippen molar-refractivity contribution < 1.29 is 46.7 Å². The summed E-state index contributed by atoms with van der Waals surface area (Å²) in [5.74, 6) is 0.197. The van der Waals surface area contributed by atoms with Crippen LogP contribution >= 0.6 is 0 Å². The third-order valence-corrected chi connectivity index (χ3v) is 9.80. The summed E-state index contributed by atoms with van der Waals surface area (Å²) in [6.07, 6.45) is 45.4. The van der Waals surface area contributed by atoms with Crippen LogP contribution in [0, 0.1) is 5.92 Å². The second kappa shape index (κ2) is 38.3. The van der Waals surface area contributed by atoms with Crippen molar-refractivity contribution in [3.05, 3.63) is 0 Å². The monoisotopic (exact) mass is 653 g/mol. The van der Waals surface area contributed by atoms with E-state index in [9.17, 15) is 13.0 Å². The zero-order valence-corrected chi connectivity index (χ0v) is 33.2. The van der Waals surface area contributed by atoms with Crippen LogP contribution in [0.3, 0.4) is 0 Å². The topological polar surface area (TPSA) is 66.4 Å². The van der Waals surface area contributed by atoms with Gasteiger partial charge < -0.3 is 4.55 Å². The fourth-order valence-corrected chi connectivity index (χ4v) is 6.81. The molecule has 1 atom stereocenters. The molecule has 4 nitrogen and oxygen atoms in total. The third-order valence-electron chi connectivity index (χ3n) is 9.38. The van der Waals surface area contributed by atoms with E-state index in [1.54, 1.807) is 0 Å². The van der Waals surface area contributed by atoms with Gasteiger partial charge in [-0.1, -0.05) is 219 Å². The molecule has 0 amide bonds. The summed E-state index contributed by atoms with van der Waals surface area (Å²) in [6, 6.07) is 0. The normalized spacial score (nSPS) is 12.4. The van der Waals surface area contributed by atoms with E-state index >= 15 is 0 Å². The van der Waals surface area contributed by atoms with Gasteiger partial charge in [0.05, 0.1) is 6.61 Å². The molecule has 0 aromatic carbocycles. The minimum absolute atomic E-state index is 0. The summed E-state index contributed by atoms with van der Waals surface area (Å²) < 4.78 is 37.6. The Bertz CT molecular complexity index is 628. The first-order chi connectivity index (χ1) is 21.0. The van der Waals surface area contributed by atoms with Gasteiger partial charge in [-0.25, -0.2) is 8.42 Å². The Morgan fingerprint density at radius 2 is 0.614 bits per heavy atom. The second-order valence-corrected chi connectivity index (χ2v) is 14.8. The number of unbranched alkanes of at least 4 members (excludes halogenated alkanes) is 30. The molecule has 0 aromatic rings. The molecule has 6 heteroatoms. The first kappa shape index (κ1) is 47.0. The standard InChI is InChI=1S/C38H78O4S.Na/c1-3-5-7-9-11-13-15-17-18-19-20-21-22-23-24-26-28-30-32-34-36-38(37-42-43(39,40)41)35-33-31-29-27-25-16-14-12-10-8-6-4-2;/h38H,3-37H2,1-2H3,(H,39,40,41);/q;+1/p-1. The number of hydrogen-bond acceptors (Lipinski definition) is 4. The largest absolute Gasteiger partial charge is 1.00 e. The Hall–Kier alpha value is 0.870. The molecular formula is C38H77NaO4S. The summed E-state index contributed by atoms with van der Waals surface area (Å²) in [7, 11) is -4.59. The Morgan fingerprint density at radius 1 is 0.409 bits per heavy atom. The molecule has 0 rings (SSSR count). The molecule has 0 aliphatic rings. The second-order valence-electron chi connectivity index (χ2n) is 13.7. The van der Waals surface area contributed by atoms with Gasteiger partial charge in [-0.05, 0) is 18.8 Å². The van der Waals surface area contributed by atoms with E-state index in [0.29, 0.717) is 0 Å². The van der Waals surface area contributed by atoms with Crippen molar-refractivity contribution in [2.75, 3.05) is 6.61 Å². The molecule has 1 unspecified atom stereocenters. The fraction of sp³-hybridized carbons (Fsp3) is 1.00. The Labute approximate surface area is 300 Å². The first-order valence-electron chi connectivity index (χ1n) is 19.6. The number of rotatable bonds is 37. The molecule has 0 heterocycles. The van der Waals surface area contributed by atoms with Gasteiger partial charge in [-0.3, -0.25) is 4.18 Å². The molecule has 0 spiro atoms. The van der Waals surface area contributed by atoms with E-state index in [1.807, 2.05) is 0 Å². The Morgan fingerprint density at radius 3 is 0.818 bits per heavy atom. The van der Waals surface area contributed by atoms with Crippen LogP contribution < -0.4 is 29.6 Å². The average Bonchev–Trinajstić information content (AvgIpc) is 2.98.